The molecule has 0 radical (unpaired) electrons. The number of hydrogen-bond acceptors (Lipinski definition) is 2. The van der Waals surface area contributed by atoms with E-state index in [1.54, 1.807) is 0 Å². The quantitative estimate of drug-likeness (QED) is 0.667. The molecule has 3 nitrogen and oxygen atoms in total. The van der Waals surface area contributed by atoms with Crippen molar-refractivity contribution in [2.45, 2.75) is 25.4 Å². The number of fused-ring (bicyclic) bond motifs is 1. The van der Waals surface area contributed by atoms with Gasteiger partial charge in [-0.15, -0.1) is 0 Å². The van der Waals surface area contributed by atoms with Crippen molar-refractivity contribution in [3.05, 3.63) is 71.3 Å². The summed E-state index contributed by atoms with van der Waals surface area (Å²) < 4.78 is 0. The number of nitrogens with zero attached hydrogens (tertiary/aromatic N) is 1. The molecule has 0 spiro atoms. The Morgan fingerprint density at radius 2 is 1.71 bits per heavy atom. The standard InChI is InChI=1S/C18H21N3/c19-18(20)12-17(15-7-2-1-3-8-15)21-11-10-14-6-4-5-9-16(14)13-21/h1-9,17H,10-13H2,(H3,19,20). The molecule has 3 heteroatoms. The van der Waals surface area contributed by atoms with E-state index in [0.717, 1.165) is 19.5 Å². The SMILES string of the molecule is N=C(N)CC(c1ccccc1)N1CCc2ccccc2C1. The molecule has 0 saturated heterocycles. The third-order valence-corrected chi connectivity index (χ3v) is 4.20. The van der Waals surface area contributed by atoms with Gasteiger partial charge in [-0.05, 0) is 23.1 Å². The van der Waals surface area contributed by atoms with Gasteiger partial charge in [0.15, 0.2) is 0 Å². The van der Waals surface area contributed by atoms with Crippen LogP contribution in [0.3, 0.4) is 0 Å². The fourth-order valence-corrected chi connectivity index (χ4v) is 3.12. The van der Waals surface area contributed by atoms with Crippen LogP contribution in [0.2, 0.25) is 0 Å². The van der Waals surface area contributed by atoms with Crippen LogP contribution < -0.4 is 5.73 Å². The van der Waals surface area contributed by atoms with Crippen molar-refractivity contribution in [1.82, 2.24) is 4.90 Å². The van der Waals surface area contributed by atoms with Crippen molar-refractivity contribution in [2.24, 2.45) is 5.73 Å². The molecule has 1 aliphatic heterocycles. The third kappa shape index (κ3) is 3.14. The fraction of sp³-hybridized carbons (Fsp3) is 0.278. The molecule has 2 aromatic carbocycles. The van der Waals surface area contributed by atoms with Crippen LogP contribution in [0.1, 0.15) is 29.2 Å². The average Bonchev–Trinajstić information content (AvgIpc) is 2.53. The predicted molar refractivity (Wildman–Crippen MR) is 86.3 cm³/mol. The summed E-state index contributed by atoms with van der Waals surface area (Å²) in [6.45, 7) is 1.95. The van der Waals surface area contributed by atoms with Crippen molar-refractivity contribution in [2.75, 3.05) is 6.54 Å². The van der Waals surface area contributed by atoms with E-state index in [0.29, 0.717) is 6.42 Å². The third-order valence-electron chi connectivity index (χ3n) is 4.20. The van der Waals surface area contributed by atoms with Gasteiger partial charge in [-0.1, -0.05) is 54.6 Å². The van der Waals surface area contributed by atoms with Gasteiger partial charge in [0.1, 0.15) is 0 Å². The maximum Gasteiger partial charge on any atom is 0.0924 e. The van der Waals surface area contributed by atoms with E-state index in [9.17, 15) is 0 Å². The molecule has 3 N–H and O–H groups in total. The Hall–Kier alpha value is -2.13. The first kappa shape index (κ1) is 13.8. The highest BCUT2D eigenvalue weighted by Crippen LogP contribution is 2.29. The second-order valence-corrected chi connectivity index (χ2v) is 5.65. The topological polar surface area (TPSA) is 53.1 Å². The summed E-state index contributed by atoms with van der Waals surface area (Å²) in [5.41, 5.74) is 9.78. The van der Waals surface area contributed by atoms with Crippen LogP contribution in [0.15, 0.2) is 54.6 Å². The molecule has 1 atom stereocenters. The van der Waals surface area contributed by atoms with E-state index in [4.69, 9.17) is 11.1 Å². The molecule has 0 aromatic heterocycles. The monoisotopic (exact) mass is 279 g/mol. The van der Waals surface area contributed by atoms with E-state index in [1.165, 1.54) is 16.7 Å². The lowest BCUT2D eigenvalue weighted by atomic mass is 9.95. The molecule has 1 aliphatic rings. The van der Waals surface area contributed by atoms with E-state index >= 15 is 0 Å². The number of nitrogens with two attached hydrogens (primary N) is 1. The minimum absolute atomic E-state index is 0.192. The predicted octanol–water partition coefficient (Wildman–Crippen LogP) is 3.11. The molecule has 0 amide bonds. The normalized spacial score (nSPS) is 16.2. The Balaban J connectivity index is 1.86. The Kier molecular flexibility index (Phi) is 4.02. The summed E-state index contributed by atoms with van der Waals surface area (Å²) in [5, 5.41) is 7.69. The maximum absolute atomic E-state index is 7.69. The number of benzene rings is 2. The number of rotatable bonds is 4. The summed E-state index contributed by atoms with van der Waals surface area (Å²) >= 11 is 0. The minimum Gasteiger partial charge on any atom is -0.388 e. The summed E-state index contributed by atoms with van der Waals surface area (Å²) in [6, 6.07) is 19.2. The van der Waals surface area contributed by atoms with E-state index in [-0.39, 0.29) is 11.9 Å². The maximum atomic E-state index is 7.69. The van der Waals surface area contributed by atoms with Gasteiger partial charge in [0.05, 0.1) is 5.84 Å². The van der Waals surface area contributed by atoms with Gasteiger partial charge in [0.2, 0.25) is 0 Å². The first-order valence-corrected chi connectivity index (χ1v) is 7.42. The largest absolute Gasteiger partial charge is 0.388 e. The highest BCUT2D eigenvalue weighted by atomic mass is 15.2. The first-order chi connectivity index (χ1) is 10.2. The van der Waals surface area contributed by atoms with Gasteiger partial charge < -0.3 is 5.73 Å². The fourth-order valence-electron chi connectivity index (χ4n) is 3.12. The molecular weight excluding hydrogens is 258 g/mol. The summed E-state index contributed by atoms with van der Waals surface area (Å²) in [5.74, 6) is 0.253. The van der Waals surface area contributed by atoms with Crippen molar-refractivity contribution in [1.29, 1.82) is 5.41 Å². The van der Waals surface area contributed by atoms with E-state index < -0.39 is 0 Å². The molecular formula is C18H21N3. The van der Waals surface area contributed by atoms with Gasteiger partial charge in [-0.3, -0.25) is 10.3 Å². The van der Waals surface area contributed by atoms with Gasteiger partial charge in [0, 0.05) is 25.6 Å². The lowest BCUT2D eigenvalue weighted by Crippen LogP contribution is -2.36. The lowest BCUT2D eigenvalue weighted by Gasteiger charge is -2.35. The average molecular weight is 279 g/mol. The van der Waals surface area contributed by atoms with E-state index in [2.05, 4.69) is 53.4 Å². The highest BCUT2D eigenvalue weighted by Gasteiger charge is 2.25. The molecule has 0 fully saturated rings. The molecule has 2 aromatic rings. The zero-order chi connectivity index (χ0) is 14.7. The van der Waals surface area contributed by atoms with Crippen molar-refractivity contribution in [3.63, 3.8) is 0 Å². The second-order valence-electron chi connectivity index (χ2n) is 5.65. The summed E-state index contributed by atoms with van der Waals surface area (Å²) in [7, 11) is 0. The van der Waals surface area contributed by atoms with E-state index in [1.807, 2.05) is 6.07 Å². The van der Waals surface area contributed by atoms with Gasteiger partial charge in [-0.2, -0.15) is 0 Å². The molecule has 1 unspecified atom stereocenters. The van der Waals surface area contributed by atoms with Gasteiger partial charge in [0.25, 0.3) is 0 Å². The Labute approximate surface area is 125 Å². The minimum atomic E-state index is 0.192. The summed E-state index contributed by atoms with van der Waals surface area (Å²) in [4.78, 5) is 2.44. The molecule has 0 bridgehead atoms. The van der Waals surface area contributed by atoms with Crippen LogP contribution in [0.5, 0.6) is 0 Å². The van der Waals surface area contributed by atoms with Gasteiger partial charge in [-0.25, -0.2) is 0 Å². The zero-order valence-corrected chi connectivity index (χ0v) is 12.1. The molecule has 21 heavy (non-hydrogen) atoms. The smallest absolute Gasteiger partial charge is 0.0924 e. The zero-order valence-electron chi connectivity index (χ0n) is 12.1. The Morgan fingerprint density at radius 1 is 1.05 bits per heavy atom. The second kappa shape index (κ2) is 6.10. The van der Waals surface area contributed by atoms with Crippen LogP contribution >= 0.6 is 0 Å². The first-order valence-electron chi connectivity index (χ1n) is 7.42. The summed E-state index contributed by atoms with van der Waals surface area (Å²) in [6.07, 6.45) is 1.66. The van der Waals surface area contributed by atoms with Crippen LogP contribution in [0.4, 0.5) is 0 Å². The van der Waals surface area contributed by atoms with Crippen molar-refractivity contribution >= 4 is 5.84 Å². The number of nitrogens with one attached hydrogen (secondary N) is 1. The van der Waals surface area contributed by atoms with Crippen LogP contribution in [0, 0.1) is 5.41 Å². The Bertz CT molecular complexity index is 621. The number of amidine groups is 1. The van der Waals surface area contributed by atoms with Crippen molar-refractivity contribution < 1.29 is 0 Å². The molecule has 108 valence electrons. The number of hydrogen-bond donors (Lipinski definition) is 2. The van der Waals surface area contributed by atoms with Crippen molar-refractivity contribution in [3.8, 4) is 0 Å². The van der Waals surface area contributed by atoms with Crippen LogP contribution in [-0.4, -0.2) is 17.3 Å². The molecule has 1 heterocycles. The lowest BCUT2D eigenvalue weighted by molar-refractivity contribution is 0.183. The molecule has 0 aliphatic carbocycles. The van der Waals surface area contributed by atoms with Crippen LogP contribution in [-0.2, 0) is 13.0 Å². The van der Waals surface area contributed by atoms with Gasteiger partial charge >= 0.3 is 0 Å². The molecule has 3 rings (SSSR count). The molecule has 0 saturated carbocycles. The van der Waals surface area contributed by atoms with Crippen LogP contribution in [0.25, 0.3) is 0 Å². The highest BCUT2D eigenvalue weighted by molar-refractivity contribution is 5.77. The Morgan fingerprint density at radius 3 is 2.43 bits per heavy atom.